The Kier molecular flexibility index (Phi) is 32.5. The van der Waals surface area contributed by atoms with Gasteiger partial charge < -0.3 is 36.6 Å². The highest BCUT2D eigenvalue weighted by molar-refractivity contribution is 6.41. The number of hydrogen-bond acceptors (Lipinski definition) is 16. The van der Waals surface area contributed by atoms with Gasteiger partial charge in [-0.2, -0.15) is 9.99 Å². The number of rotatable bonds is 1. The van der Waals surface area contributed by atoms with E-state index in [4.69, 9.17) is 56.9 Å². The van der Waals surface area contributed by atoms with Crippen molar-refractivity contribution in [1.82, 2.24) is 84.5 Å². The highest BCUT2D eigenvalue weighted by Crippen LogP contribution is 2.31. The maximum atomic E-state index is 9.50. The number of nitrogen functional groups attached to an aromatic ring is 2. The Balaban J connectivity index is 0.000000205. The number of H-pyrrole nitrogens is 4. The molecule has 0 aromatic carbocycles. The number of halogens is 3. The summed E-state index contributed by atoms with van der Waals surface area (Å²) in [7, 11) is 0. The number of fused-ring (bicyclic) bond motifs is 15. The highest BCUT2D eigenvalue weighted by Gasteiger charge is 2.15. The number of pyridine rings is 12. The highest BCUT2D eigenvalue weighted by atomic mass is 35.5. The van der Waals surface area contributed by atoms with Crippen LogP contribution in [0.5, 0.6) is 0 Å². The molecule has 0 saturated carbocycles. The zero-order valence-corrected chi connectivity index (χ0v) is 59.4. The maximum Gasteiger partial charge on any atom is 0.178 e. The van der Waals surface area contributed by atoms with Crippen LogP contribution >= 0.6 is 34.8 Å². The predicted octanol–water partition coefficient (Wildman–Crippen LogP) is 19.2. The lowest BCUT2D eigenvalue weighted by Crippen LogP contribution is -2.11. The van der Waals surface area contributed by atoms with Crippen LogP contribution in [0.15, 0.2) is 208 Å². The Bertz CT molecular complexity index is 5160. The van der Waals surface area contributed by atoms with Crippen molar-refractivity contribution in [3.8, 4) is 17.5 Å². The minimum Gasteiger partial charge on any atom is -0.427 e. The molecule has 0 bridgehead atoms. The van der Waals surface area contributed by atoms with E-state index in [0.29, 0.717) is 54.9 Å². The summed E-state index contributed by atoms with van der Waals surface area (Å²) in [6.07, 6.45) is 20.1. The minimum atomic E-state index is 0.0390. The van der Waals surface area contributed by atoms with Gasteiger partial charge in [-0.25, -0.2) is 59.8 Å². The Morgan fingerprint density at radius 3 is 1.28 bits per heavy atom. The molecule has 0 saturated heterocycles. The van der Waals surface area contributed by atoms with Gasteiger partial charge >= 0.3 is 0 Å². The van der Waals surface area contributed by atoms with Crippen LogP contribution in [0.1, 0.15) is 94.2 Å². The normalized spacial score (nSPS) is 9.72. The van der Waals surface area contributed by atoms with E-state index in [1.54, 1.807) is 117 Å². The van der Waals surface area contributed by atoms with E-state index in [1.165, 1.54) is 0 Å². The molecule has 2 aliphatic rings. The van der Waals surface area contributed by atoms with Crippen LogP contribution in [0, 0.1) is 16.7 Å². The van der Waals surface area contributed by atoms with Crippen LogP contribution in [-0.2, 0) is 0 Å². The van der Waals surface area contributed by atoms with Crippen molar-refractivity contribution in [2.45, 2.75) is 83.1 Å². The van der Waals surface area contributed by atoms with Gasteiger partial charge in [0.1, 0.15) is 62.0 Å². The molecule has 17 rings (SSSR count). The molecule has 25 heteroatoms. The van der Waals surface area contributed by atoms with E-state index in [-0.39, 0.29) is 5.84 Å². The molecule has 10 N–H and O–H groups in total. The van der Waals surface area contributed by atoms with Crippen LogP contribution < -0.4 is 11.5 Å². The molecule has 0 amide bonds. The third-order valence-electron chi connectivity index (χ3n) is 12.9. The number of nitriles is 1. The SMILES string of the molecule is CC.CC.CC.CC.CC.CC.Clc1cccnc1Cl.Clc1ccnc2[nH]c3ncccc3c12.N#Cc1ccnc2[nH]c3ncccc3c12.N=C(N)c1ccnc2[nH]c3ncccc3c12.Nc1ccccn1.On1cccc2c3cccnc3nc1-2.c1cnc2[nH]c3ncccc3c2c1. The third-order valence-corrected chi connectivity index (χ3v) is 14.0. The van der Waals surface area contributed by atoms with E-state index in [1.807, 2.05) is 174 Å². The fourth-order valence-corrected chi connectivity index (χ4v) is 9.62. The van der Waals surface area contributed by atoms with Crippen molar-refractivity contribution in [3.63, 3.8) is 0 Å². The van der Waals surface area contributed by atoms with Crippen molar-refractivity contribution >= 4 is 146 Å². The molecular weight excluding hydrogens is 1310 g/mol. The number of anilines is 1. The van der Waals surface area contributed by atoms with Crippen molar-refractivity contribution in [2.75, 3.05) is 5.73 Å². The molecule has 0 fully saturated rings. The summed E-state index contributed by atoms with van der Waals surface area (Å²) in [6.45, 7) is 24.0. The summed E-state index contributed by atoms with van der Waals surface area (Å²) < 4.78 is 1.01. The van der Waals surface area contributed by atoms with Gasteiger partial charge in [0.15, 0.2) is 11.5 Å². The lowest BCUT2D eigenvalue weighted by Gasteiger charge is -2.01. The average molecular weight is 1390 g/mol. The largest absolute Gasteiger partial charge is 0.427 e. The van der Waals surface area contributed by atoms with Gasteiger partial charge in [-0.3, -0.25) is 5.41 Å². The summed E-state index contributed by atoms with van der Waals surface area (Å²) in [5, 5.41) is 36.4. The second-order valence-electron chi connectivity index (χ2n) is 18.3. The number of aromatic amines is 4. The standard InChI is InChI=1S/C11H9N5.C11H6N4.C10H6ClN3.C10H7N3O.C10H7N3.C5H3Cl2N.C5H6N2.6C2H6/c12-9(13)6-3-5-15-11-8(6)7-2-1-4-14-10(7)16-11;12-6-7-3-5-14-11-9(7)8-2-1-4-13-10(8)15-11;11-7-3-5-13-10-8(7)6-2-1-4-12-9(6)14-10;14-13-6-2-4-8-7-3-1-5-11-9(7)12-10(8)13;1-3-7-8-4-2-6-12-10(8)13-9(7)11-5-1;6-4-2-1-3-8-5(4)7;6-5-3-1-2-4-7-5;6*1-2/h1-5H,(H3,12,13)(H,14,15,16);1-5H,(H,13,14,15);1-5H,(H,12,13,14);1-6,14H;1-6H,(H,11,12,13);1-3H;1-4H,(H2,6,7);6*1-2H3. The van der Waals surface area contributed by atoms with Gasteiger partial charge in [-0.1, -0.05) is 124 Å². The number of nitrogens with zero attached hydrogens (tertiary/aromatic N) is 14. The number of aromatic nitrogens is 17. The number of nitrogens with two attached hydrogens (primary N) is 2. The van der Waals surface area contributed by atoms with Crippen molar-refractivity contribution in [3.05, 3.63) is 234 Å². The summed E-state index contributed by atoms with van der Waals surface area (Å²) >= 11 is 17.1. The first-order valence-electron chi connectivity index (χ1n) is 32.1. The Morgan fingerprint density at radius 1 is 0.414 bits per heavy atom. The molecule has 0 atom stereocenters. The predicted molar refractivity (Wildman–Crippen MR) is 409 cm³/mol. The topological polar surface area (TPSA) is 343 Å². The number of amidine groups is 1. The first-order valence-corrected chi connectivity index (χ1v) is 33.2. The zero-order chi connectivity index (χ0) is 72.2. The van der Waals surface area contributed by atoms with Crippen LogP contribution in [0.2, 0.25) is 15.2 Å². The summed E-state index contributed by atoms with van der Waals surface area (Å²) in [4.78, 5) is 61.9. The molecule has 0 unspecified atom stereocenters. The van der Waals surface area contributed by atoms with Gasteiger partial charge in [0.2, 0.25) is 0 Å². The lowest BCUT2D eigenvalue weighted by atomic mass is 10.1. The monoisotopic (exact) mass is 1380 g/mol. The average Bonchev–Trinajstić information content (AvgIpc) is 1.85. The fourth-order valence-electron chi connectivity index (χ4n) is 9.13. The van der Waals surface area contributed by atoms with Crippen molar-refractivity contribution in [1.29, 1.82) is 10.7 Å². The molecular formula is C74H80Cl3N21O. The quantitative estimate of drug-likeness (QED) is 0.0328. The first kappa shape index (κ1) is 77.9. The second kappa shape index (κ2) is 41.2. The van der Waals surface area contributed by atoms with E-state index in [2.05, 4.69) is 85.8 Å². The second-order valence-corrected chi connectivity index (χ2v) is 19.5. The van der Waals surface area contributed by atoms with Gasteiger partial charge in [0, 0.05) is 134 Å². The lowest BCUT2D eigenvalue weighted by molar-refractivity contribution is 0.187. The maximum absolute atomic E-state index is 9.50. The first-order chi connectivity index (χ1) is 48.5. The Hall–Kier alpha value is -11.8. The fraction of sp³-hybridized carbons (Fsp3) is 0.162. The third kappa shape index (κ3) is 19.9. The zero-order valence-electron chi connectivity index (χ0n) is 57.1. The summed E-state index contributed by atoms with van der Waals surface area (Å²) in [5.74, 6) is 1.15. The molecule has 2 aliphatic heterocycles. The van der Waals surface area contributed by atoms with Gasteiger partial charge in [-0.05, 0) is 127 Å². The van der Waals surface area contributed by atoms with Gasteiger partial charge in [-0.15, -0.1) is 0 Å². The molecule has 15 aromatic heterocycles. The van der Waals surface area contributed by atoms with E-state index >= 15 is 0 Å². The minimum absolute atomic E-state index is 0.0390. The van der Waals surface area contributed by atoms with Crippen LogP contribution in [0.4, 0.5) is 5.82 Å². The van der Waals surface area contributed by atoms with E-state index in [0.717, 1.165) is 92.7 Å². The molecule has 0 radical (unpaired) electrons. The van der Waals surface area contributed by atoms with Gasteiger partial charge in [0.05, 0.1) is 21.7 Å². The summed E-state index contributed by atoms with van der Waals surface area (Å²) in [6, 6.07) is 43.1. The van der Waals surface area contributed by atoms with Crippen molar-refractivity contribution < 1.29 is 5.21 Å². The molecule has 22 nitrogen and oxygen atoms in total. The molecule has 99 heavy (non-hydrogen) atoms. The molecule has 0 spiro atoms. The Morgan fingerprint density at radius 2 is 0.818 bits per heavy atom. The van der Waals surface area contributed by atoms with Crippen LogP contribution in [0.25, 0.3) is 111 Å². The van der Waals surface area contributed by atoms with Gasteiger partial charge in [0.25, 0.3) is 0 Å². The Labute approximate surface area is 588 Å². The molecule has 17 heterocycles. The van der Waals surface area contributed by atoms with Crippen molar-refractivity contribution in [2.24, 2.45) is 5.73 Å². The molecule has 15 aromatic rings. The smallest absolute Gasteiger partial charge is 0.178 e. The van der Waals surface area contributed by atoms with Crippen LogP contribution in [-0.4, -0.2) is 95.5 Å². The molecule has 508 valence electrons. The summed E-state index contributed by atoms with van der Waals surface area (Å²) in [5.41, 5.74) is 20.0. The van der Waals surface area contributed by atoms with E-state index in [9.17, 15) is 5.21 Å². The number of nitrogens with one attached hydrogen (secondary N) is 5. The van der Waals surface area contributed by atoms with E-state index < -0.39 is 0 Å². The van der Waals surface area contributed by atoms with Crippen LogP contribution in [0.3, 0.4) is 0 Å². The number of hydrogen-bond donors (Lipinski definition) is 8. The molecule has 0 aliphatic carbocycles.